The number of carbonyl (C=O) groups is 3. The molecule has 0 aliphatic carbocycles. The van der Waals surface area contributed by atoms with E-state index in [0.717, 1.165) is 38.4 Å². The summed E-state index contributed by atoms with van der Waals surface area (Å²) >= 11 is 0. The van der Waals surface area contributed by atoms with Gasteiger partial charge in [-0.15, -0.1) is 0 Å². The highest BCUT2D eigenvalue weighted by Gasteiger charge is 2.55. The fourth-order valence-corrected chi connectivity index (χ4v) is 4.75. The average Bonchev–Trinajstić information content (AvgIpc) is 2.99. The molecule has 1 atom stereocenters. The quantitative estimate of drug-likeness (QED) is 0.756. The third kappa shape index (κ3) is 3.88. The van der Waals surface area contributed by atoms with E-state index >= 15 is 0 Å². The maximum atomic E-state index is 13.0. The van der Waals surface area contributed by atoms with Gasteiger partial charge in [0, 0.05) is 37.6 Å². The van der Waals surface area contributed by atoms with Gasteiger partial charge in [0.1, 0.15) is 5.54 Å². The molecule has 0 saturated carbocycles. The number of nitrogens with zero attached hydrogens (tertiary/aromatic N) is 2. The van der Waals surface area contributed by atoms with Crippen LogP contribution in [0.1, 0.15) is 39.0 Å². The van der Waals surface area contributed by atoms with E-state index in [1.54, 1.807) is 0 Å². The van der Waals surface area contributed by atoms with Crippen LogP contribution in [0.2, 0.25) is 0 Å². The van der Waals surface area contributed by atoms with Crippen molar-refractivity contribution in [1.82, 2.24) is 10.2 Å². The molecule has 3 saturated heterocycles. The second-order valence-electron chi connectivity index (χ2n) is 8.39. The number of anilines is 2. The normalized spacial score (nSPS) is 24.6. The third-order valence-electron chi connectivity index (χ3n) is 6.63. The lowest BCUT2D eigenvalue weighted by molar-refractivity contribution is -0.136. The Hall–Kier alpha value is -2.41. The van der Waals surface area contributed by atoms with Crippen molar-refractivity contribution in [3.63, 3.8) is 0 Å². The van der Waals surface area contributed by atoms with Crippen LogP contribution in [-0.4, -0.2) is 60.8 Å². The highest BCUT2D eigenvalue weighted by Crippen LogP contribution is 2.32. The predicted molar refractivity (Wildman–Crippen MR) is 112 cm³/mol. The average molecular weight is 399 g/mol. The Bertz CT molecular complexity index is 778. The fraction of sp³-hybridized carbons (Fsp3) is 0.591. The van der Waals surface area contributed by atoms with Crippen LogP contribution in [0.25, 0.3) is 0 Å². The number of likely N-dealkylation sites (tertiary alicyclic amines) is 1. The number of piperidine rings is 2. The lowest BCUT2D eigenvalue weighted by Crippen LogP contribution is -2.54. The second-order valence-corrected chi connectivity index (χ2v) is 8.39. The van der Waals surface area contributed by atoms with Crippen LogP contribution < -0.4 is 15.5 Å². The molecule has 2 amide bonds. The molecule has 156 valence electrons. The zero-order valence-corrected chi connectivity index (χ0v) is 17.1. The van der Waals surface area contributed by atoms with Crippen molar-refractivity contribution >= 4 is 29.0 Å². The number of rotatable bonds is 4. The van der Waals surface area contributed by atoms with Gasteiger partial charge in [-0.1, -0.05) is 6.92 Å². The Morgan fingerprint density at radius 2 is 1.72 bits per heavy atom. The first-order valence-electron chi connectivity index (χ1n) is 10.8. The largest absolute Gasteiger partial charge is 0.372 e. The molecule has 3 aliphatic rings. The van der Waals surface area contributed by atoms with E-state index in [9.17, 15) is 14.4 Å². The van der Waals surface area contributed by atoms with Crippen LogP contribution in [0.5, 0.6) is 0 Å². The van der Waals surface area contributed by atoms with Crippen LogP contribution >= 0.6 is 0 Å². The number of hydrogen-bond acceptors (Lipinski definition) is 5. The lowest BCUT2D eigenvalue weighted by atomic mass is 9.82. The van der Waals surface area contributed by atoms with Gasteiger partial charge < -0.3 is 20.4 Å². The van der Waals surface area contributed by atoms with Crippen molar-refractivity contribution in [3.8, 4) is 0 Å². The second kappa shape index (κ2) is 8.14. The summed E-state index contributed by atoms with van der Waals surface area (Å²) in [5.41, 5.74) is 0.875. The summed E-state index contributed by atoms with van der Waals surface area (Å²) in [6.45, 7) is 6.64. The van der Waals surface area contributed by atoms with Crippen LogP contribution in [0.4, 0.5) is 11.4 Å². The van der Waals surface area contributed by atoms with Gasteiger partial charge in [-0.3, -0.25) is 14.4 Å². The Morgan fingerprint density at radius 1 is 1.07 bits per heavy atom. The molecule has 29 heavy (non-hydrogen) atoms. The van der Waals surface area contributed by atoms with E-state index in [2.05, 4.69) is 27.4 Å². The van der Waals surface area contributed by atoms with Gasteiger partial charge >= 0.3 is 0 Å². The first-order chi connectivity index (χ1) is 14.0. The maximum Gasteiger partial charge on any atom is 0.244 e. The Balaban J connectivity index is 1.40. The zero-order chi connectivity index (χ0) is 20.4. The van der Waals surface area contributed by atoms with Crippen LogP contribution in [0.15, 0.2) is 24.3 Å². The summed E-state index contributed by atoms with van der Waals surface area (Å²) < 4.78 is 0. The minimum Gasteiger partial charge on any atom is -0.372 e. The van der Waals surface area contributed by atoms with Gasteiger partial charge in [-0.25, -0.2) is 0 Å². The van der Waals surface area contributed by atoms with Crippen molar-refractivity contribution in [1.29, 1.82) is 0 Å². The molecule has 7 nitrogen and oxygen atoms in total. The fourth-order valence-electron chi connectivity index (χ4n) is 4.75. The molecule has 1 spiro atoms. The number of amides is 2. The highest BCUT2D eigenvalue weighted by molar-refractivity contribution is 6.27. The summed E-state index contributed by atoms with van der Waals surface area (Å²) in [4.78, 5) is 42.8. The van der Waals surface area contributed by atoms with Crippen LogP contribution in [-0.2, 0) is 14.4 Å². The zero-order valence-electron chi connectivity index (χ0n) is 17.1. The number of Topliss-reactive ketones (excluding diaryl/α,β-unsaturated/α-hetero) is 1. The smallest absolute Gasteiger partial charge is 0.244 e. The minimum absolute atomic E-state index is 0.277. The molecule has 0 radical (unpaired) electrons. The van der Waals surface area contributed by atoms with Gasteiger partial charge in [-0.2, -0.15) is 0 Å². The van der Waals surface area contributed by atoms with E-state index < -0.39 is 23.3 Å². The van der Waals surface area contributed by atoms with Crippen molar-refractivity contribution < 1.29 is 14.4 Å². The number of carbonyl (C=O) groups excluding carboxylic acids is 3. The van der Waals surface area contributed by atoms with Gasteiger partial charge in [0.2, 0.25) is 11.8 Å². The maximum absolute atomic E-state index is 13.0. The monoisotopic (exact) mass is 398 g/mol. The van der Waals surface area contributed by atoms with Crippen molar-refractivity contribution in [2.75, 3.05) is 42.9 Å². The van der Waals surface area contributed by atoms with Crippen LogP contribution in [0, 0.1) is 5.92 Å². The van der Waals surface area contributed by atoms with E-state index in [4.69, 9.17) is 0 Å². The van der Waals surface area contributed by atoms with Crippen LogP contribution in [0.3, 0.4) is 0 Å². The van der Waals surface area contributed by atoms with Crippen molar-refractivity contribution in [2.45, 2.75) is 44.6 Å². The topological polar surface area (TPSA) is 81.8 Å². The standard InChI is InChI=1S/C22H30N4O3/c1-2-25-14-10-22(11-15-25)19(27)18(21(29)24-22)20(28)23-16-6-8-17(9-7-16)26-12-4-3-5-13-26/h6-9,18H,2-5,10-15H2,1H3,(H,23,28)(H,24,29). The van der Waals surface area contributed by atoms with E-state index in [-0.39, 0.29) is 5.78 Å². The van der Waals surface area contributed by atoms with E-state index in [0.29, 0.717) is 18.5 Å². The van der Waals surface area contributed by atoms with Gasteiger partial charge in [0.25, 0.3) is 0 Å². The Morgan fingerprint density at radius 3 is 2.34 bits per heavy atom. The third-order valence-corrected chi connectivity index (χ3v) is 6.63. The minimum atomic E-state index is -1.26. The Labute approximate surface area is 171 Å². The number of hydrogen-bond donors (Lipinski definition) is 2. The first kappa shape index (κ1) is 19.9. The summed E-state index contributed by atoms with van der Waals surface area (Å²) in [6.07, 6.45) is 4.82. The molecule has 3 fully saturated rings. The first-order valence-corrected chi connectivity index (χ1v) is 10.8. The molecule has 1 aromatic carbocycles. The summed E-state index contributed by atoms with van der Waals surface area (Å²) in [5.74, 6) is -2.54. The molecule has 1 aromatic rings. The summed E-state index contributed by atoms with van der Waals surface area (Å²) in [5, 5.41) is 5.62. The molecular weight excluding hydrogens is 368 g/mol. The molecule has 3 heterocycles. The number of nitrogens with one attached hydrogen (secondary N) is 2. The molecule has 3 aliphatic heterocycles. The Kier molecular flexibility index (Phi) is 5.58. The molecule has 1 unspecified atom stereocenters. The summed E-state index contributed by atoms with van der Waals surface area (Å²) in [7, 11) is 0. The van der Waals surface area contributed by atoms with Crippen molar-refractivity contribution in [3.05, 3.63) is 24.3 Å². The van der Waals surface area contributed by atoms with Gasteiger partial charge in [0.15, 0.2) is 11.7 Å². The number of ketones is 1. The van der Waals surface area contributed by atoms with Gasteiger partial charge in [0.05, 0.1) is 0 Å². The molecule has 7 heteroatoms. The van der Waals surface area contributed by atoms with Gasteiger partial charge in [-0.05, 0) is 62.9 Å². The number of benzene rings is 1. The molecular formula is C22H30N4O3. The summed E-state index contributed by atoms with van der Waals surface area (Å²) in [6, 6.07) is 7.65. The molecule has 0 aromatic heterocycles. The molecule has 2 N–H and O–H groups in total. The molecule has 4 rings (SSSR count). The van der Waals surface area contributed by atoms with E-state index in [1.165, 1.54) is 19.3 Å². The highest BCUT2D eigenvalue weighted by atomic mass is 16.2. The molecule has 0 bridgehead atoms. The SMILES string of the molecule is CCN1CCC2(CC1)NC(=O)C(C(=O)Nc1ccc(N3CCCCC3)cc1)C2=O. The predicted octanol–water partition coefficient (Wildman–Crippen LogP) is 1.78. The lowest BCUT2D eigenvalue weighted by Gasteiger charge is -2.37. The van der Waals surface area contributed by atoms with E-state index in [1.807, 2.05) is 24.3 Å². The van der Waals surface area contributed by atoms with Crippen molar-refractivity contribution in [2.24, 2.45) is 5.92 Å².